The van der Waals surface area contributed by atoms with Gasteiger partial charge in [0.25, 0.3) is 5.79 Å². The van der Waals surface area contributed by atoms with E-state index in [2.05, 4.69) is 15.5 Å². The van der Waals surface area contributed by atoms with Crippen LogP contribution in [0.4, 0.5) is 5.69 Å². The van der Waals surface area contributed by atoms with E-state index < -0.39 is 5.79 Å². The Labute approximate surface area is 184 Å². The summed E-state index contributed by atoms with van der Waals surface area (Å²) in [4.78, 5) is 16.8. The molecule has 2 heterocycles. The number of benzene rings is 2. The first-order valence-corrected chi connectivity index (χ1v) is 10.9. The molecule has 5 rings (SSSR count). The van der Waals surface area contributed by atoms with Crippen LogP contribution in [0.5, 0.6) is 11.5 Å². The highest BCUT2D eigenvalue weighted by Gasteiger charge is 2.42. The molecule has 0 atom stereocenters. The van der Waals surface area contributed by atoms with Crippen molar-refractivity contribution in [3.8, 4) is 22.9 Å². The van der Waals surface area contributed by atoms with Gasteiger partial charge in [-0.25, -0.2) is 0 Å². The first kappa shape index (κ1) is 19.9. The Morgan fingerprint density at radius 2 is 1.81 bits per heavy atom. The van der Waals surface area contributed by atoms with Gasteiger partial charge in [-0.3, -0.25) is 4.79 Å². The quantitative estimate of drug-likeness (QED) is 0.573. The summed E-state index contributed by atoms with van der Waals surface area (Å²) in [6.45, 7) is 0. The number of anilines is 1. The summed E-state index contributed by atoms with van der Waals surface area (Å²) in [5.41, 5.74) is 1.48. The molecule has 7 nitrogen and oxygen atoms in total. The van der Waals surface area contributed by atoms with Gasteiger partial charge in [0.2, 0.25) is 17.6 Å². The lowest BCUT2D eigenvalue weighted by Gasteiger charge is -2.31. The second kappa shape index (κ2) is 8.23. The molecule has 2 aliphatic rings. The molecule has 1 spiro atoms. The molecular formula is C23H22ClN3O4. The summed E-state index contributed by atoms with van der Waals surface area (Å²) >= 11 is 5.90. The maximum absolute atomic E-state index is 12.4. The summed E-state index contributed by atoms with van der Waals surface area (Å²) in [7, 11) is 0. The highest BCUT2D eigenvalue weighted by molar-refractivity contribution is 6.30. The molecule has 1 saturated carbocycles. The van der Waals surface area contributed by atoms with E-state index in [-0.39, 0.29) is 12.3 Å². The van der Waals surface area contributed by atoms with Crippen LogP contribution in [0, 0.1) is 0 Å². The van der Waals surface area contributed by atoms with Crippen LogP contribution in [0.15, 0.2) is 47.0 Å². The van der Waals surface area contributed by atoms with Gasteiger partial charge >= 0.3 is 0 Å². The van der Waals surface area contributed by atoms with Gasteiger partial charge in [0, 0.05) is 48.0 Å². The lowest BCUT2D eigenvalue weighted by Crippen LogP contribution is -2.40. The second-order valence-corrected chi connectivity index (χ2v) is 8.34. The average molecular weight is 440 g/mol. The first-order chi connectivity index (χ1) is 15.1. The standard InChI is InChI=1S/C23H22ClN3O4/c24-16-6-4-15(5-7-16)22-26-21(31-27-22)11-10-20(28)25-17-8-9-18-19(14-17)30-23(29-18)12-2-1-3-13-23/h4-9,14H,1-3,10-13H2,(H,25,28). The van der Waals surface area contributed by atoms with Crippen molar-refractivity contribution in [1.82, 2.24) is 10.1 Å². The summed E-state index contributed by atoms with van der Waals surface area (Å²) in [5, 5.41) is 7.51. The number of nitrogens with zero attached hydrogens (tertiary/aromatic N) is 2. The zero-order valence-electron chi connectivity index (χ0n) is 16.9. The molecule has 1 N–H and O–H groups in total. The predicted octanol–water partition coefficient (Wildman–Crippen LogP) is 5.39. The molecule has 1 fully saturated rings. The summed E-state index contributed by atoms with van der Waals surface area (Å²) in [5.74, 6) is 1.63. The van der Waals surface area contributed by atoms with Gasteiger partial charge in [-0.15, -0.1) is 0 Å². The van der Waals surface area contributed by atoms with Crippen molar-refractivity contribution in [2.75, 3.05) is 5.32 Å². The summed E-state index contributed by atoms with van der Waals surface area (Å²) in [6, 6.07) is 12.7. The van der Waals surface area contributed by atoms with Crippen LogP contribution in [-0.4, -0.2) is 21.8 Å². The molecule has 1 aromatic heterocycles. The third-order valence-corrected chi connectivity index (χ3v) is 5.82. The van der Waals surface area contributed by atoms with Gasteiger partial charge in [0.1, 0.15) is 0 Å². The minimum absolute atomic E-state index is 0.141. The van der Waals surface area contributed by atoms with Crippen molar-refractivity contribution < 1.29 is 18.8 Å². The number of halogens is 1. The van der Waals surface area contributed by atoms with Gasteiger partial charge in [0.15, 0.2) is 11.5 Å². The Morgan fingerprint density at radius 1 is 1.03 bits per heavy atom. The Morgan fingerprint density at radius 3 is 2.61 bits per heavy atom. The fourth-order valence-corrected chi connectivity index (χ4v) is 4.11. The van der Waals surface area contributed by atoms with Gasteiger partial charge in [-0.1, -0.05) is 23.2 Å². The van der Waals surface area contributed by atoms with Crippen molar-refractivity contribution in [2.45, 2.75) is 50.7 Å². The Hall–Kier alpha value is -3.06. The topological polar surface area (TPSA) is 86.5 Å². The molecule has 3 aromatic rings. The molecule has 1 aliphatic carbocycles. The molecule has 0 saturated heterocycles. The SMILES string of the molecule is O=C(CCc1nc(-c2ccc(Cl)cc2)no1)Nc1ccc2c(c1)OC1(CCCCC1)O2. The number of aryl methyl sites for hydroxylation is 1. The third-order valence-electron chi connectivity index (χ3n) is 5.57. The zero-order valence-corrected chi connectivity index (χ0v) is 17.7. The van der Waals surface area contributed by atoms with Crippen LogP contribution in [0.1, 0.15) is 44.4 Å². The maximum atomic E-state index is 12.4. The van der Waals surface area contributed by atoms with E-state index >= 15 is 0 Å². The summed E-state index contributed by atoms with van der Waals surface area (Å²) < 4.78 is 17.5. The Bertz CT molecular complexity index is 1090. The minimum Gasteiger partial charge on any atom is -0.448 e. The smallest absolute Gasteiger partial charge is 0.251 e. The molecule has 2 aromatic carbocycles. The van der Waals surface area contributed by atoms with E-state index in [4.69, 9.17) is 25.6 Å². The highest BCUT2D eigenvalue weighted by atomic mass is 35.5. The van der Waals surface area contributed by atoms with Crippen LogP contribution < -0.4 is 14.8 Å². The van der Waals surface area contributed by atoms with Crippen LogP contribution >= 0.6 is 11.6 Å². The fourth-order valence-electron chi connectivity index (χ4n) is 3.98. The minimum atomic E-state index is -0.525. The molecule has 160 valence electrons. The third kappa shape index (κ3) is 4.37. The van der Waals surface area contributed by atoms with Gasteiger partial charge in [0.05, 0.1) is 0 Å². The van der Waals surface area contributed by atoms with Gasteiger partial charge in [-0.05, 0) is 49.2 Å². The van der Waals surface area contributed by atoms with Crippen LogP contribution in [-0.2, 0) is 11.2 Å². The predicted molar refractivity (Wildman–Crippen MR) is 115 cm³/mol. The van der Waals surface area contributed by atoms with Crippen LogP contribution in [0.25, 0.3) is 11.4 Å². The Kier molecular flexibility index (Phi) is 5.28. The normalized spacial score (nSPS) is 16.4. The second-order valence-electron chi connectivity index (χ2n) is 7.90. The fraction of sp³-hybridized carbons (Fsp3) is 0.348. The van der Waals surface area contributed by atoms with E-state index in [9.17, 15) is 4.79 Å². The number of carbonyl (C=O) groups is 1. The number of aromatic nitrogens is 2. The molecule has 0 unspecified atom stereocenters. The Balaban J connectivity index is 1.17. The van der Waals surface area contributed by atoms with Crippen molar-refractivity contribution in [1.29, 1.82) is 0 Å². The largest absolute Gasteiger partial charge is 0.448 e. The van der Waals surface area contributed by atoms with Crippen molar-refractivity contribution in [2.24, 2.45) is 0 Å². The van der Waals surface area contributed by atoms with E-state index in [1.165, 1.54) is 6.42 Å². The molecule has 0 bridgehead atoms. The maximum Gasteiger partial charge on any atom is 0.251 e. The number of fused-ring (bicyclic) bond motifs is 1. The summed E-state index contributed by atoms with van der Waals surface area (Å²) in [6.07, 6.45) is 5.78. The first-order valence-electron chi connectivity index (χ1n) is 10.5. The molecular weight excluding hydrogens is 418 g/mol. The zero-order chi connectivity index (χ0) is 21.3. The van der Waals surface area contributed by atoms with E-state index in [0.717, 1.165) is 37.0 Å². The monoisotopic (exact) mass is 439 g/mol. The molecule has 1 amide bonds. The van der Waals surface area contributed by atoms with Crippen molar-refractivity contribution in [3.63, 3.8) is 0 Å². The van der Waals surface area contributed by atoms with Gasteiger partial charge < -0.3 is 19.3 Å². The number of hydrogen-bond donors (Lipinski definition) is 1. The van der Waals surface area contributed by atoms with E-state index in [0.29, 0.717) is 34.6 Å². The average Bonchev–Trinajstić information content (AvgIpc) is 3.37. The van der Waals surface area contributed by atoms with Gasteiger partial charge in [-0.2, -0.15) is 4.98 Å². The number of carbonyl (C=O) groups excluding carboxylic acids is 1. The van der Waals surface area contributed by atoms with Crippen molar-refractivity contribution >= 4 is 23.2 Å². The van der Waals surface area contributed by atoms with Crippen molar-refractivity contribution in [3.05, 3.63) is 53.4 Å². The molecule has 8 heteroatoms. The molecule has 1 aliphatic heterocycles. The highest BCUT2D eigenvalue weighted by Crippen LogP contribution is 2.46. The van der Waals surface area contributed by atoms with Crippen LogP contribution in [0.3, 0.4) is 0 Å². The van der Waals surface area contributed by atoms with E-state index in [1.807, 2.05) is 30.3 Å². The number of hydrogen-bond acceptors (Lipinski definition) is 6. The molecule has 31 heavy (non-hydrogen) atoms. The molecule has 0 radical (unpaired) electrons. The number of amides is 1. The number of nitrogens with one attached hydrogen (secondary N) is 1. The number of ether oxygens (including phenoxy) is 2. The van der Waals surface area contributed by atoms with Crippen LogP contribution in [0.2, 0.25) is 5.02 Å². The van der Waals surface area contributed by atoms with E-state index in [1.54, 1.807) is 12.1 Å². The number of rotatable bonds is 5. The lowest BCUT2D eigenvalue weighted by molar-refractivity contribution is -0.116. The lowest BCUT2D eigenvalue weighted by atomic mass is 9.94.